The van der Waals surface area contributed by atoms with E-state index in [0.29, 0.717) is 0 Å². The second-order valence-electron chi connectivity index (χ2n) is 4.85. The minimum Gasteiger partial charge on any atom is -0.370 e. The van der Waals surface area contributed by atoms with E-state index in [-0.39, 0.29) is 6.10 Å². The molecule has 0 aliphatic heterocycles. The molecule has 1 saturated carbocycles. The van der Waals surface area contributed by atoms with E-state index in [1.54, 1.807) is 18.4 Å². The van der Waals surface area contributed by atoms with Gasteiger partial charge in [0.1, 0.15) is 11.1 Å². The molecule has 1 aromatic carbocycles. The van der Waals surface area contributed by atoms with Gasteiger partial charge in [0, 0.05) is 30.8 Å². The monoisotopic (exact) mass is 274 g/mol. The molecular weight excluding hydrogens is 256 g/mol. The topological polar surface area (TPSA) is 34.1 Å². The minimum absolute atomic E-state index is 0.0547. The molecule has 1 aliphatic rings. The van der Waals surface area contributed by atoms with Crippen LogP contribution in [0.1, 0.15) is 34.4 Å². The van der Waals surface area contributed by atoms with Crippen LogP contribution in [0.3, 0.4) is 0 Å². The Morgan fingerprint density at radius 3 is 2.84 bits per heavy atom. The van der Waals surface area contributed by atoms with E-state index >= 15 is 0 Å². The molecule has 0 amide bonds. The van der Waals surface area contributed by atoms with Crippen molar-refractivity contribution < 1.29 is 4.74 Å². The fraction of sp³-hybridized carbons (Fsp3) is 0.400. The van der Waals surface area contributed by atoms with Crippen molar-refractivity contribution in [3.8, 4) is 0 Å². The fourth-order valence-electron chi connectivity index (χ4n) is 2.07. The van der Waals surface area contributed by atoms with Gasteiger partial charge in [-0.3, -0.25) is 0 Å². The third-order valence-corrected chi connectivity index (χ3v) is 4.32. The van der Waals surface area contributed by atoms with E-state index in [1.807, 2.05) is 24.4 Å². The van der Waals surface area contributed by atoms with Crippen LogP contribution in [-0.4, -0.2) is 18.1 Å². The number of nitrogens with zero attached hydrogens (tertiary/aromatic N) is 1. The quantitative estimate of drug-likeness (QED) is 0.878. The Kier molecular flexibility index (Phi) is 3.92. The van der Waals surface area contributed by atoms with Gasteiger partial charge >= 0.3 is 0 Å². The minimum atomic E-state index is -0.0547. The summed E-state index contributed by atoms with van der Waals surface area (Å²) in [7, 11) is 1.74. The van der Waals surface area contributed by atoms with Gasteiger partial charge in [-0.15, -0.1) is 11.3 Å². The molecule has 2 aromatic rings. The SMILES string of the molecule is COC(c1ccccc1)c1ncc(CNC2CC2)s1. The number of methoxy groups -OCH3 is 1. The summed E-state index contributed by atoms with van der Waals surface area (Å²) in [6.45, 7) is 0.924. The maximum Gasteiger partial charge on any atom is 0.134 e. The summed E-state index contributed by atoms with van der Waals surface area (Å²) >= 11 is 1.73. The first-order valence-corrected chi connectivity index (χ1v) is 7.44. The first-order valence-electron chi connectivity index (χ1n) is 6.62. The molecule has 1 atom stereocenters. The molecule has 3 nitrogen and oxygen atoms in total. The molecule has 0 saturated heterocycles. The second-order valence-corrected chi connectivity index (χ2v) is 5.99. The average Bonchev–Trinajstić information content (AvgIpc) is 3.17. The molecule has 100 valence electrons. The van der Waals surface area contributed by atoms with E-state index in [4.69, 9.17) is 4.74 Å². The van der Waals surface area contributed by atoms with Crippen LogP contribution in [0.4, 0.5) is 0 Å². The Labute approximate surface area is 117 Å². The van der Waals surface area contributed by atoms with Gasteiger partial charge in [0.2, 0.25) is 0 Å². The Morgan fingerprint density at radius 1 is 1.37 bits per heavy atom. The van der Waals surface area contributed by atoms with Gasteiger partial charge < -0.3 is 10.1 Å². The number of rotatable bonds is 6. The number of nitrogens with one attached hydrogen (secondary N) is 1. The van der Waals surface area contributed by atoms with Gasteiger partial charge in [-0.1, -0.05) is 30.3 Å². The summed E-state index contributed by atoms with van der Waals surface area (Å²) < 4.78 is 5.60. The first-order chi connectivity index (χ1) is 9.36. The zero-order valence-corrected chi connectivity index (χ0v) is 11.8. The standard InChI is InChI=1S/C15H18N2OS/c1-18-14(11-5-3-2-4-6-11)15-17-10-13(19-15)9-16-12-7-8-12/h2-6,10,12,14,16H,7-9H2,1H3. The highest BCUT2D eigenvalue weighted by Gasteiger charge is 2.21. The number of thiazole rings is 1. The van der Waals surface area contributed by atoms with Crippen molar-refractivity contribution in [3.05, 3.63) is 52.0 Å². The number of benzene rings is 1. The van der Waals surface area contributed by atoms with Crippen molar-refractivity contribution in [1.29, 1.82) is 0 Å². The summed E-state index contributed by atoms with van der Waals surface area (Å²) in [4.78, 5) is 5.79. The van der Waals surface area contributed by atoms with Crippen molar-refractivity contribution in [2.45, 2.75) is 31.5 Å². The number of hydrogen-bond donors (Lipinski definition) is 1. The largest absolute Gasteiger partial charge is 0.370 e. The molecule has 0 spiro atoms. The third kappa shape index (κ3) is 3.21. The van der Waals surface area contributed by atoms with Crippen LogP contribution in [0.5, 0.6) is 0 Å². The van der Waals surface area contributed by atoms with E-state index in [1.165, 1.54) is 17.7 Å². The smallest absolute Gasteiger partial charge is 0.134 e. The van der Waals surface area contributed by atoms with Crippen molar-refractivity contribution in [2.24, 2.45) is 0 Å². The van der Waals surface area contributed by atoms with Crippen molar-refractivity contribution in [2.75, 3.05) is 7.11 Å². The highest BCUT2D eigenvalue weighted by Crippen LogP contribution is 2.29. The van der Waals surface area contributed by atoms with E-state index in [0.717, 1.165) is 23.2 Å². The Balaban J connectivity index is 1.72. The molecule has 1 unspecified atom stereocenters. The number of aromatic nitrogens is 1. The van der Waals surface area contributed by atoms with Crippen LogP contribution in [0.15, 0.2) is 36.5 Å². The molecule has 4 heteroatoms. The maximum atomic E-state index is 5.60. The van der Waals surface area contributed by atoms with Crippen LogP contribution in [0.25, 0.3) is 0 Å². The molecule has 1 aliphatic carbocycles. The lowest BCUT2D eigenvalue weighted by molar-refractivity contribution is 0.136. The van der Waals surface area contributed by atoms with Crippen molar-refractivity contribution in [3.63, 3.8) is 0 Å². The molecule has 0 radical (unpaired) electrons. The lowest BCUT2D eigenvalue weighted by Crippen LogP contribution is -2.14. The van der Waals surface area contributed by atoms with Crippen LogP contribution < -0.4 is 5.32 Å². The van der Waals surface area contributed by atoms with Gasteiger partial charge in [0.15, 0.2) is 0 Å². The maximum absolute atomic E-state index is 5.60. The molecule has 3 rings (SSSR count). The van der Waals surface area contributed by atoms with E-state index in [2.05, 4.69) is 22.4 Å². The first kappa shape index (κ1) is 12.8. The molecule has 1 fully saturated rings. The number of hydrogen-bond acceptors (Lipinski definition) is 4. The third-order valence-electron chi connectivity index (χ3n) is 3.28. The molecule has 1 heterocycles. The summed E-state index contributed by atoms with van der Waals surface area (Å²) in [5, 5.41) is 4.54. The molecular formula is C15H18N2OS. The average molecular weight is 274 g/mol. The Morgan fingerprint density at radius 2 is 2.16 bits per heavy atom. The highest BCUT2D eigenvalue weighted by molar-refractivity contribution is 7.11. The van der Waals surface area contributed by atoms with Gasteiger partial charge in [-0.25, -0.2) is 4.98 Å². The zero-order valence-electron chi connectivity index (χ0n) is 11.0. The Bertz CT molecular complexity index is 522. The fourth-order valence-corrected chi connectivity index (χ4v) is 3.04. The van der Waals surface area contributed by atoms with E-state index in [9.17, 15) is 0 Å². The lowest BCUT2D eigenvalue weighted by atomic mass is 10.1. The van der Waals surface area contributed by atoms with Gasteiger partial charge in [0.25, 0.3) is 0 Å². The molecule has 1 aromatic heterocycles. The summed E-state index contributed by atoms with van der Waals surface area (Å²) in [6.07, 6.45) is 4.54. The molecule has 1 N–H and O–H groups in total. The molecule has 19 heavy (non-hydrogen) atoms. The normalized spacial score (nSPS) is 16.5. The van der Waals surface area contributed by atoms with Crippen LogP contribution in [0.2, 0.25) is 0 Å². The van der Waals surface area contributed by atoms with Crippen molar-refractivity contribution >= 4 is 11.3 Å². The van der Waals surface area contributed by atoms with Crippen LogP contribution in [0, 0.1) is 0 Å². The summed E-state index contributed by atoms with van der Waals surface area (Å²) in [6, 6.07) is 11.0. The van der Waals surface area contributed by atoms with Gasteiger partial charge in [-0.2, -0.15) is 0 Å². The van der Waals surface area contributed by atoms with Crippen molar-refractivity contribution in [1.82, 2.24) is 10.3 Å². The second kappa shape index (κ2) is 5.82. The lowest BCUT2D eigenvalue weighted by Gasteiger charge is -2.12. The van der Waals surface area contributed by atoms with Gasteiger partial charge in [0.05, 0.1) is 0 Å². The molecule has 0 bridgehead atoms. The van der Waals surface area contributed by atoms with Crippen LogP contribution in [-0.2, 0) is 11.3 Å². The summed E-state index contributed by atoms with van der Waals surface area (Å²) in [5.74, 6) is 0. The van der Waals surface area contributed by atoms with Crippen LogP contribution >= 0.6 is 11.3 Å². The predicted octanol–water partition coefficient (Wildman–Crippen LogP) is 3.13. The van der Waals surface area contributed by atoms with E-state index < -0.39 is 0 Å². The Hall–Kier alpha value is -1.23. The predicted molar refractivity (Wildman–Crippen MR) is 77.3 cm³/mol. The van der Waals surface area contributed by atoms with Gasteiger partial charge in [-0.05, 0) is 18.4 Å². The number of ether oxygens (including phenoxy) is 1. The summed E-state index contributed by atoms with van der Waals surface area (Å²) in [5.41, 5.74) is 1.15. The highest BCUT2D eigenvalue weighted by atomic mass is 32.1. The zero-order chi connectivity index (χ0) is 13.1.